The van der Waals surface area contributed by atoms with Crippen LogP contribution in [0, 0.1) is 6.92 Å². The standard InChI is InChI=1S/C8H6Cl2O.C2H6/c1-5-2-3-7(9)6(4-5)8(10)11;1-2/h2-4H,1H3;1-2H3. The molecule has 1 rings (SSSR count). The van der Waals surface area contributed by atoms with Gasteiger partial charge in [-0.05, 0) is 30.7 Å². The lowest BCUT2D eigenvalue weighted by molar-refractivity contribution is 0.108. The fourth-order valence-electron chi connectivity index (χ4n) is 0.790. The Balaban J connectivity index is 0.000000671. The van der Waals surface area contributed by atoms with Gasteiger partial charge in [0.1, 0.15) is 0 Å². The molecule has 0 heterocycles. The van der Waals surface area contributed by atoms with Crippen molar-refractivity contribution >= 4 is 28.4 Å². The number of carbonyl (C=O) groups is 1. The van der Waals surface area contributed by atoms with E-state index in [4.69, 9.17) is 23.2 Å². The van der Waals surface area contributed by atoms with E-state index in [0.717, 1.165) is 5.56 Å². The molecule has 0 aliphatic carbocycles. The van der Waals surface area contributed by atoms with Gasteiger partial charge in [-0.25, -0.2) is 0 Å². The van der Waals surface area contributed by atoms with Crippen molar-refractivity contribution in [2.24, 2.45) is 0 Å². The molecule has 1 aromatic carbocycles. The van der Waals surface area contributed by atoms with Crippen molar-refractivity contribution in [1.29, 1.82) is 0 Å². The van der Waals surface area contributed by atoms with E-state index in [9.17, 15) is 4.79 Å². The van der Waals surface area contributed by atoms with Gasteiger partial charge in [-0.1, -0.05) is 37.1 Å². The molecule has 0 amide bonds. The minimum absolute atomic E-state index is 0.369. The average Bonchev–Trinajstić information content (AvgIpc) is 2.12. The molecule has 1 nitrogen and oxygen atoms in total. The largest absolute Gasteiger partial charge is 0.276 e. The minimum Gasteiger partial charge on any atom is -0.276 e. The van der Waals surface area contributed by atoms with Gasteiger partial charge in [0.2, 0.25) is 0 Å². The summed E-state index contributed by atoms with van der Waals surface area (Å²) in [5.74, 6) is 0. The molecule has 0 aliphatic heterocycles. The first-order chi connectivity index (χ1) is 6.11. The van der Waals surface area contributed by atoms with E-state index < -0.39 is 5.24 Å². The fraction of sp³-hybridized carbons (Fsp3) is 0.300. The van der Waals surface area contributed by atoms with E-state index in [0.29, 0.717) is 10.6 Å². The molecule has 0 N–H and O–H groups in total. The third kappa shape index (κ3) is 3.79. The monoisotopic (exact) mass is 218 g/mol. The second kappa shape index (κ2) is 6.01. The molecule has 72 valence electrons. The quantitative estimate of drug-likeness (QED) is 0.651. The minimum atomic E-state index is -0.515. The van der Waals surface area contributed by atoms with Gasteiger partial charge in [0.05, 0.1) is 10.6 Å². The molecule has 3 heteroatoms. The molecule has 0 saturated heterocycles. The predicted molar refractivity (Wildman–Crippen MR) is 57.7 cm³/mol. The van der Waals surface area contributed by atoms with Crippen molar-refractivity contribution in [2.45, 2.75) is 20.8 Å². The molecular weight excluding hydrogens is 207 g/mol. The molecule has 0 spiro atoms. The Morgan fingerprint density at radius 1 is 1.31 bits per heavy atom. The summed E-state index contributed by atoms with van der Waals surface area (Å²) in [6.07, 6.45) is 0. The summed E-state index contributed by atoms with van der Waals surface area (Å²) in [6.45, 7) is 5.87. The summed E-state index contributed by atoms with van der Waals surface area (Å²) in [5, 5.41) is -0.116. The van der Waals surface area contributed by atoms with Crippen LogP contribution in [-0.2, 0) is 0 Å². The van der Waals surface area contributed by atoms with Gasteiger partial charge in [0.25, 0.3) is 5.24 Å². The molecule has 0 saturated carbocycles. The van der Waals surface area contributed by atoms with Crippen LogP contribution in [0.1, 0.15) is 29.8 Å². The number of hydrogen-bond donors (Lipinski definition) is 0. The highest BCUT2D eigenvalue weighted by Crippen LogP contribution is 2.18. The zero-order valence-corrected chi connectivity index (χ0v) is 9.41. The first kappa shape index (κ1) is 12.5. The summed E-state index contributed by atoms with van der Waals surface area (Å²) in [7, 11) is 0. The average molecular weight is 219 g/mol. The lowest BCUT2D eigenvalue weighted by Gasteiger charge is -1.98. The van der Waals surface area contributed by atoms with Gasteiger partial charge in [0.15, 0.2) is 0 Å². The van der Waals surface area contributed by atoms with Crippen LogP contribution in [0.15, 0.2) is 18.2 Å². The Hall–Kier alpha value is -0.530. The molecule has 0 aliphatic rings. The highest BCUT2D eigenvalue weighted by molar-refractivity contribution is 6.68. The normalized spacial score (nSPS) is 8.69. The van der Waals surface area contributed by atoms with Crippen LogP contribution >= 0.6 is 23.2 Å². The Morgan fingerprint density at radius 2 is 1.85 bits per heavy atom. The molecule has 0 unspecified atom stereocenters. The molecule has 13 heavy (non-hydrogen) atoms. The first-order valence-corrected chi connectivity index (χ1v) is 4.83. The van der Waals surface area contributed by atoms with Gasteiger partial charge in [-0.15, -0.1) is 0 Å². The summed E-state index contributed by atoms with van der Waals surface area (Å²) in [6, 6.07) is 5.15. The van der Waals surface area contributed by atoms with E-state index in [2.05, 4.69) is 0 Å². The van der Waals surface area contributed by atoms with Gasteiger partial charge >= 0.3 is 0 Å². The second-order valence-corrected chi connectivity index (χ2v) is 3.01. The second-order valence-electron chi connectivity index (χ2n) is 2.26. The van der Waals surface area contributed by atoms with Gasteiger partial charge < -0.3 is 0 Å². The molecule has 0 bridgehead atoms. The molecule has 0 aromatic heterocycles. The first-order valence-electron chi connectivity index (χ1n) is 4.07. The lowest BCUT2D eigenvalue weighted by atomic mass is 10.1. The maximum absolute atomic E-state index is 10.7. The number of rotatable bonds is 1. The maximum Gasteiger partial charge on any atom is 0.253 e. The summed E-state index contributed by atoms with van der Waals surface area (Å²) < 4.78 is 0. The van der Waals surface area contributed by atoms with Crippen molar-refractivity contribution in [3.05, 3.63) is 34.3 Å². The van der Waals surface area contributed by atoms with Crippen LogP contribution in [0.2, 0.25) is 5.02 Å². The van der Waals surface area contributed by atoms with E-state index in [1.165, 1.54) is 0 Å². The Labute approximate surface area is 88.7 Å². The van der Waals surface area contributed by atoms with Crippen LogP contribution in [0.5, 0.6) is 0 Å². The number of benzene rings is 1. The zero-order chi connectivity index (χ0) is 10.4. The molecule has 0 fully saturated rings. The van der Waals surface area contributed by atoms with E-state index in [1.807, 2.05) is 26.8 Å². The third-order valence-corrected chi connectivity index (χ3v) is 1.87. The predicted octanol–water partition coefficient (Wildman–Crippen LogP) is 4.05. The molecular formula is C10H12Cl2O. The highest BCUT2D eigenvalue weighted by atomic mass is 35.5. The lowest BCUT2D eigenvalue weighted by Crippen LogP contribution is -1.90. The van der Waals surface area contributed by atoms with Crippen molar-refractivity contribution < 1.29 is 4.79 Å². The summed E-state index contributed by atoms with van der Waals surface area (Å²) in [4.78, 5) is 10.7. The fourth-order valence-corrected chi connectivity index (χ4v) is 1.20. The van der Waals surface area contributed by atoms with E-state index >= 15 is 0 Å². The van der Waals surface area contributed by atoms with Crippen molar-refractivity contribution in [3.8, 4) is 0 Å². The van der Waals surface area contributed by atoms with E-state index in [1.54, 1.807) is 12.1 Å². The molecule has 0 atom stereocenters. The van der Waals surface area contributed by atoms with Gasteiger partial charge in [0, 0.05) is 0 Å². The van der Waals surface area contributed by atoms with Crippen LogP contribution in [0.25, 0.3) is 0 Å². The van der Waals surface area contributed by atoms with Crippen molar-refractivity contribution in [1.82, 2.24) is 0 Å². The summed E-state index contributed by atoms with van der Waals surface area (Å²) >= 11 is 10.9. The number of halogens is 2. The SMILES string of the molecule is CC.Cc1ccc(Cl)c(C(=O)Cl)c1. The number of hydrogen-bond acceptors (Lipinski definition) is 1. The number of carbonyl (C=O) groups excluding carboxylic acids is 1. The van der Waals surface area contributed by atoms with Crippen molar-refractivity contribution in [2.75, 3.05) is 0 Å². The smallest absolute Gasteiger partial charge is 0.253 e. The maximum atomic E-state index is 10.7. The Bertz CT molecular complexity index is 295. The third-order valence-electron chi connectivity index (χ3n) is 1.33. The topological polar surface area (TPSA) is 17.1 Å². The molecule has 1 aromatic rings. The van der Waals surface area contributed by atoms with Crippen LogP contribution in [0.4, 0.5) is 0 Å². The van der Waals surface area contributed by atoms with Gasteiger partial charge in [-0.3, -0.25) is 4.79 Å². The molecule has 0 radical (unpaired) electrons. The van der Waals surface area contributed by atoms with Crippen molar-refractivity contribution in [3.63, 3.8) is 0 Å². The zero-order valence-electron chi connectivity index (χ0n) is 7.90. The van der Waals surface area contributed by atoms with Crippen LogP contribution < -0.4 is 0 Å². The Morgan fingerprint density at radius 3 is 2.23 bits per heavy atom. The van der Waals surface area contributed by atoms with Gasteiger partial charge in [-0.2, -0.15) is 0 Å². The van der Waals surface area contributed by atoms with Crippen LogP contribution in [-0.4, -0.2) is 5.24 Å². The number of aryl methyl sites for hydroxylation is 1. The highest BCUT2D eigenvalue weighted by Gasteiger charge is 2.06. The Kier molecular flexibility index (Phi) is 5.76. The van der Waals surface area contributed by atoms with E-state index in [-0.39, 0.29) is 0 Å². The summed E-state index contributed by atoms with van der Waals surface area (Å²) in [5.41, 5.74) is 1.34. The van der Waals surface area contributed by atoms with Crippen LogP contribution in [0.3, 0.4) is 0 Å².